The van der Waals surface area contributed by atoms with Crippen molar-refractivity contribution in [2.45, 2.75) is 19.3 Å². The monoisotopic (exact) mass is 443 g/mol. The molecular weight excluding hydrogens is 425 g/mol. The number of nitrogens with one attached hydrogen (secondary N) is 1. The van der Waals surface area contributed by atoms with Gasteiger partial charge in [-0.05, 0) is 49.6 Å². The van der Waals surface area contributed by atoms with Gasteiger partial charge in [0.25, 0.3) is 17.7 Å². The number of piperidine rings is 1. The van der Waals surface area contributed by atoms with Crippen LogP contribution in [0.15, 0.2) is 59.3 Å². The minimum absolute atomic E-state index is 0.0510. The Bertz CT molecular complexity index is 1060. The molecule has 0 unspecified atom stereocenters. The third-order valence-electron chi connectivity index (χ3n) is 5.14. The van der Waals surface area contributed by atoms with E-state index >= 15 is 0 Å². The van der Waals surface area contributed by atoms with Crippen LogP contribution in [-0.2, 0) is 9.59 Å². The van der Waals surface area contributed by atoms with Crippen LogP contribution in [0.4, 0.5) is 11.4 Å². The molecule has 0 aliphatic carbocycles. The van der Waals surface area contributed by atoms with Gasteiger partial charge in [-0.15, -0.1) is 0 Å². The number of carbonyl (C=O) groups excluding carboxylic acids is 3. The van der Waals surface area contributed by atoms with Gasteiger partial charge in [0.05, 0.1) is 10.7 Å². The van der Waals surface area contributed by atoms with Gasteiger partial charge in [-0.25, -0.2) is 4.90 Å². The lowest BCUT2D eigenvalue weighted by Crippen LogP contribution is -2.35. The lowest BCUT2D eigenvalue weighted by Gasteiger charge is -2.26. The molecule has 3 amide bonds. The molecule has 2 aromatic rings. The largest absolute Gasteiger partial charge is 0.350 e. The number of nitrogens with zero attached hydrogens (tertiary/aromatic N) is 2. The summed E-state index contributed by atoms with van der Waals surface area (Å²) in [5.74, 6) is -1.31. The van der Waals surface area contributed by atoms with Gasteiger partial charge in [0, 0.05) is 24.3 Å². The van der Waals surface area contributed by atoms with Gasteiger partial charge in [-0.1, -0.05) is 41.4 Å². The first-order valence-corrected chi connectivity index (χ1v) is 10.4. The lowest BCUT2D eigenvalue weighted by molar-refractivity contribution is -0.120. The van der Waals surface area contributed by atoms with E-state index in [1.807, 2.05) is 4.90 Å². The minimum Gasteiger partial charge on any atom is -0.350 e. The van der Waals surface area contributed by atoms with Crippen molar-refractivity contribution in [3.05, 3.63) is 69.8 Å². The van der Waals surface area contributed by atoms with Gasteiger partial charge < -0.3 is 10.2 Å². The second-order valence-electron chi connectivity index (χ2n) is 7.14. The Kier molecular flexibility index (Phi) is 5.79. The standard InChI is InChI=1S/C22H19Cl2N3O3/c23-16-9-2-3-10-17(16)27-21(29)18(24)19(22(27)30)25-15-8-6-7-14(13-15)20(28)26-11-4-1-5-12-26/h2-3,6-10,13,25H,1,4-5,11-12H2. The Hall–Kier alpha value is -2.83. The first-order valence-electron chi connectivity index (χ1n) is 9.67. The Morgan fingerprint density at radius 3 is 2.37 bits per heavy atom. The van der Waals surface area contributed by atoms with Gasteiger partial charge in [-0.3, -0.25) is 14.4 Å². The zero-order chi connectivity index (χ0) is 21.3. The van der Waals surface area contributed by atoms with E-state index in [1.165, 1.54) is 0 Å². The van der Waals surface area contributed by atoms with E-state index < -0.39 is 11.8 Å². The third kappa shape index (κ3) is 3.80. The van der Waals surface area contributed by atoms with Crippen LogP contribution in [0.5, 0.6) is 0 Å². The summed E-state index contributed by atoms with van der Waals surface area (Å²) in [5, 5.41) is 2.94. The van der Waals surface area contributed by atoms with Gasteiger partial charge >= 0.3 is 0 Å². The van der Waals surface area contributed by atoms with Crippen molar-refractivity contribution in [1.29, 1.82) is 0 Å². The number of hydrogen-bond donors (Lipinski definition) is 1. The topological polar surface area (TPSA) is 69.7 Å². The quantitative estimate of drug-likeness (QED) is 0.710. The number of amides is 3. The fraction of sp³-hybridized carbons (Fsp3) is 0.227. The second-order valence-corrected chi connectivity index (χ2v) is 7.93. The Labute approximate surface area is 184 Å². The highest BCUT2D eigenvalue weighted by atomic mass is 35.5. The van der Waals surface area contributed by atoms with Crippen molar-refractivity contribution in [3.8, 4) is 0 Å². The van der Waals surface area contributed by atoms with Crippen LogP contribution in [-0.4, -0.2) is 35.7 Å². The molecule has 2 aliphatic rings. The highest BCUT2D eigenvalue weighted by Crippen LogP contribution is 2.34. The summed E-state index contributed by atoms with van der Waals surface area (Å²) in [6, 6.07) is 13.4. The average molecular weight is 444 g/mol. The zero-order valence-corrected chi connectivity index (χ0v) is 17.5. The second kappa shape index (κ2) is 8.50. The molecule has 0 atom stereocenters. The first kappa shape index (κ1) is 20.4. The summed E-state index contributed by atoms with van der Waals surface area (Å²) >= 11 is 12.3. The Morgan fingerprint density at radius 1 is 0.900 bits per heavy atom. The van der Waals surface area contributed by atoms with Crippen molar-refractivity contribution in [3.63, 3.8) is 0 Å². The number of carbonyl (C=O) groups is 3. The first-order chi connectivity index (χ1) is 14.5. The average Bonchev–Trinajstić information content (AvgIpc) is 2.98. The molecule has 1 fully saturated rings. The molecule has 1 saturated heterocycles. The number of benzene rings is 2. The van der Waals surface area contributed by atoms with E-state index in [4.69, 9.17) is 23.2 Å². The molecule has 2 aromatic carbocycles. The van der Waals surface area contributed by atoms with Gasteiger partial charge in [0.2, 0.25) is 0 Å². The lowest BCUT2D eigenvalue weighted by atomic mass is 10.1. The van der Waals surface area contributed by atoms with E-state index in [-0.39, 0.29) is 27.3 Å². The van der Waals surface area contributed by atoms with Gasteiger partial charge in [-0.2, -0.15) is 0 Å². The van der Waals surface area contributed by atoms with Crippen LogP contribution in [0.25, 0.3) is 0 Å². The molecule has 1 N–H and O–H groups in total. The SMILES string of the molecule is O=C(c1cccc(NC2=C(Cl)C(=O)N(c3ccccc3Cl)C2=O)c1)N1CCCCC1. The maximum Gasteiger partial charge on any atom is 0.283 e. The molecular formula is C22H19Cl2N3O3. The molecule has 4 rings (SSSR count). The van der Waals surface area contributed by atoms with E-state index in [1.54, 1.807) is 48.5 Å². The van der Waals surface area contributed by atoms with Crippen LogP contribution >= 0.6 is 23.2 Å². The number of anilines is 2. The van der Waals surface area contributed by atoms with Gasteiger partial charge in [0.15, 0.2) is 0 Å². The van der Waals surface area contributed by atoms with E-state index in [9.17, 15) is 14.4 Å². The number of likely N-dealkylation sites (tertiary alicyclic amines) is 1. The normalized spacial score (nSPS) is 17.0. The number of hydrogen-bond acceptors (Lipinski definition) is 4. The summed E-state index contributed by atoms with van der Waals surface area (Å²) in [6.07, 6.45) is 3.14. The number of imide groups is 1. The fourth-order valence-corrected chi connectivity index (χ4v) is 4.05. The van der Waals surface area contributed by atoms with E-state index in [2.05, 4.69) is 5.32 Å². The van der Waals surface area contributed by atoms with E-state index in [0.29, 0.717) is 11.3 Å². The molecule has 8 heteroatoms. The zero-order valence-electron chi connectivity index (χ0n) is 16.0. The van der Waals surface area contributed by atoms with E-state index in [0.717, 1.165) is 37.3 Å². The molecule has 154 valence electrons. The van der Waals surface area contributed by atoms with Crippen LogP contribution in [0, 0.1) is 0 Å². The highest BCUT2D eigenvalue weighted by molar-refractivity contribution is 6.53. The summed E-state index contributed by atoms with van der Waals surface area (Å²) in [7, 11) is 0. The fourth-order valence-electron chi connectivity index (χ4n) is 3.62. The molecule has 30 heavy (non-hydrogen) atoms. The van der Waals surface area contributed by atoms with Crippen molar-refractivity contribution in [2.24, 2.45) is 0 Å². The minimum atomic E-state index is -0.655. The number of halogens is 2. The summed E-state index contributed by atoms with van der Waals surface area (Å²) in [5.41, 5.74) is 1.22. The van der Waals surface area contributed by atoms with Crippen molar-refractivity contribution in [1.82, 2.24) is 4.90 Å². The molecule has 0 bridgehead atoms. The van der Waals surface area contributed by atoms with Crippen LogP contribution in [0.2, 0.25) is 5.02 Å². The Balaban J connectivity index is 1.57. The predicted molar refractivity (Wildman–Crippen MR) is 117 cm³/mol. The smallest absolute Gasteiger partial charge is 0.283 e. The van der Waals surface area contributed by atoms with Gasteiger partial charge in [0.1, 0.15) is 10.7 Å². The van der Waals surface area contributed by atoms with Crippen LogP contribution in [0.1, 0.15) is 29.6 Å². The number of rotatable bonds is 4. The molecule has 0 saturated carbocycles. The molecule has 0 aromatic heterocycles. The summed E-state index contributed by atoms with van der Waals surface area (Å²) < 4.78 is 0. The summed E-state index contributed by atoms with van der Waals surface area (Å²) in [4.78, 5) is 41.1. The number of para-hydroxylation sites is 1. The maximum absolute atomic E-state index is 12.9. The molecule has 6 nitrogen and oxygen atoms in total. The summed E-state index contributed by atoms with van der Waals surface area (Å²) in [6.45, 7) is 1.49. The molecule has 0 radical (unpaired) electrons. The van der Waals surface area contributed by atoms with Crippen molar-refractivity contribution in [2.75, 3.05) is 23.3 Å². The third-order valence-corrected chi connectivity index (χ3v) is 5.81. The van der Waals surface area contributed by atoms with Crippen LogP contribution in [0.3, 0.4) is 0 Å². The maximum atomic E-state index is 12.9. The van der Waals surface area contributed by atoms with Crippen molar-refractivity contribution < 1.29 is 14.4 Å². The van der Waals surface area contributed by atoms with Crippen LogP contribution < -0.4 is 10.2 Å². The Morgan fingerprint density at radius 2 is 1.63 bits per heavy atom. The predicted octanol–water partition coefficient (Wildman–Crippen LogP) is 4.40. The molecule has 0 spiro atoms. The molecule has 2 aliphatic heterocycles. The highest BCUT2D eigenvalue weighted by Gasteiger charge is 2.39. The molecule has 2 heterocycles. The van der Waals surface area contributed by atoms with Crippen molar-refractivity contribution >= 4 is 52.3 Å².